The fourth-order valence-corrected chi connectivity index (χ4v) is 3.20. The van der Waals surface area contributed by atoms with Gasteiger partial charge in [-0.25, -0.2) is 4.68 Å². The van der Waals surface area contributed by atoms with Crippen molar-refractivity contribution in [1.29, 1.82) is 0 Å². The lowest BCUT2D eigenvalue weighted by Crippen LogP contribution is -2.48. The van der Waals surface area contributed by atoms with E-state index in [1.54, 1.807) is 0 Å². The maximum absolute atomic E-state index is 12.8. The summed E-state index contributed by atoms with van der Waals surface area (Å²) in [4.78, 5) is 23.9. The third kappa shape index (κ3) is 3.57. The molecule has 0 bridgehead atoms. The molecular formula is C15H23N5O4. The second kappa shape index (κ2) is 6.86. The normalized spacial score (nSPS) is 23.0. The number of amides is 2. The fraction of sp³-hybridized carbons (Fsp3) is 0.733. The predicted molar refractivity (Wildman–Crippen MR) is 82.5 cm³/mol. The van der Waals surface area contributed by atoms with Crippen LogP contribution in [0.25, 0.3) is 0 Å². The van der Waals surface area contributed by atoms with Gasteiger partial charge < -0.3 is 20.9 Å². The summed E-state index contributed by atoms with van der Waals surface area (Å²) in [6.45, 7) is 0.473. The Morgan fingerprint density at radius 1 is 1.54 bits per heavy atom. The molecule has 1 saturated carbocycles. The standard InChI is InChI=1S/C15H23N5O4/c16-13(22)4-3-11(20-8-10(9-21)18-19-20)14(23)17-15(5-6-15)12-2-1-7-24-12/h8,11-12,21H,1-7,9H2,(H2,16,22)(H,17,23). The maximum atomic E-state index is 12.8. The summed E-state index contributed by atoms with van der Waals surface area (Å²) >= 11 is 0. The van der Waals surface area contributed by atoms with E-state index in [-0.39, 0.29) is 37.0 Å². The Kier molecular flexibility index (Phi) is 4.81. The molecule has 9 heteroatoms. The quantitative estimate of drug-likeness (QED) is 0.580. The summed E-state index contributed by atoms with van der Waals surface area (Å²) in [5, 5.41) is 19.9. The summed E-state index contributed by atoms with van der Waals surface area (Å²) in [7, 11) is 0. The van der Waals surface area contributed by atoms with Crippen molar-refractivity contribution < 1.29 is 19.4 Å². The van der Waals surface area contributed by atoms with Crippen LogP contribution in [0.1, 0.15) is 50.3 Å². The van der Waals surface area contributed by atoms with E-state index in [0.717, 1.165) is 32.3 Å². The van der Waals surface area contributed by atoms with Gasteiger partial charge in [0.05, 0.1) is 24.4 Å². The van der Waals surface area contributed by atoms with E-state index in [1.807, 2.05) is 0 Å². The van der Waals surface area contributed by atoms with Crippen molar-refractivity contribution >= 4 is 11.8 Å². The Balaban J connectivity index is 1.71. The average molecular weight is 337 g/mol. The lowest BCUT2D eigenvalue weighted by Gasteiger charge is -2.26. The van der Waals surface area contributed by atoms with Gasteiger partial charge in [-0.1, -0.05) is 5.21 Å². The molecular weight excluding hydrogens is 314 g/mol. The number of nitrogens with zero attached hydrogens (tertiary/aromatic N) is 3. The van der Waals surface area contributed by atoms with E-state index in [2.05, 4.69) is 15.6 Å². The van der Waals surface area contributed by atoms with E-state index in [4.69, 9.17) is 15.6 Å². The summed E-state index contributed by atoms with van der Waals surface area (Å²) in [5.41, 5.74) is 5.29. The number of nitrogens with two attached hydrogens (primary N) is 1. The number of rotatable bonds is 8. The molecule has 3 rings (SSSR count). The molecule has 1 aromatic rings. The lowest BCUT2D eigenvalue weighted by molar-refractivity contribution is -0.127. The Labute approximate surface area is 139 Å². The Morgan fingerprint density at radius 3 is 2.88 bits per heavy atom. The van der Waals surface area contributed by atoms with Crippen molar-refractivity contribution in [3.63, 3.8) is 0 Å². The molecule has 1 saturated heterocycles. The van der Waals surface area contributed by atoms with Crippen LogP contribution in [0.5, 0.6) is 0 Å². The van der Waals surface area contributed by atoms with Crippen LogP contribution in [0, 0.1) is 0 Å². The van der Waals surface area contributed by atoms with Crippen molar-refractivity contribution in [2.45, 2.75) is 62.8 Å². The van der Waals surface area contributed by atoms with Crippen LogP contribution in [0.4, 0.5) is 0 Å². The van der Waals surface area contributed by atoms with Crippen molar-refractivity contribution in [3.8, 4) is 0 Å². The largest absolute Gasteiger partial charge is 0.390 e. The molecule has 0 radical (unpaired) electrons. The number of primary amides is 1. The van der Waals surface area contributed by atoms with Gasteiger partial charge in [-0.3, -0.25) is 9.59 Å². The van der Waals surface area contributed by atoms with Crippen LogP contribution in [0.15, 0.2) is 6.20 Å². The summed E-state index contributed by atoms with van der Waals surface area (Å²) in [5.74, 6) is -0.700. The van der Waals surface area contributed by atoms with Gasteiger partial charge in [0.1, 0.15) is 11.7 Å². The third-order valence-electron chi connectivity index (χ3n) is 4.71. The SMILES string of the molecule is NC(=O)CCC(C(=O)NC1(C2CCCO2)CC1)n1cc(CO)nn1. The number of aromatic nitrogens is 3. The van der Waals surface area contributed by atoms with Crippen LogP contribution < -0.4 is 11.1 Å². The smallest absolute Gasteiger partial charge is 0.245 e. The van der Waals surface area contributed by atoms with E-state index in [9.17, 15) is 9.59 Å². The lowest BCUT2D eigenvalue weighted by atomic mass is 10.0. The second-order valence-electron chi connectivity index (χ2n) is 6.52. The molecule has 9 nitrogen and oxygen atoms in total. The predicted octanol–water partition coefficient (Wildman–Crippen LogP) is -0.595. The highest BCUT2D eigenvalue weighted by Crippen LogP contribution is 2.44. The fourth-order valence-electron chi connectivity index (χ4n) is 3.20. The number of ether oxygens (including phenoxy) is 1. The minimum Gasteiger partial charge on any atom is -0.390 e. The molecule has 132 valence electrons. The molecule has 4 N–H and O–H groups in total. The molecule has 2 heterocycles. The molecule has 2 aliphatic rings. The van der Waals surface area contributed by atoms with Crippen molar-refractivity contribution in [2.75, 3.05) is 6.61 Å². The zero-order valence-electron chi connectivity index (χ0n) is 13.5. The molecule has 24 heavy (non-hydrogen) atoms. The van der Waals surface area contributed by atoms with E-state index >= 15 is 0 Å². The molecule has 0 aromatic carbocycles. The Morgan fingerprint density at radius 2 is 2.33 bits per heavy atom. The van der Waals surface area contributed by atoms with E-state index in [0.29, 0.717) is 5.69 Å². The van der Waals surface area contributed by atoms with Crippen molar-refractivity contribution in [2.24, 2.45) is 5.73 Å². The van der Waals surface area contributed by atoms with Gasteiger partial charge in [0.15, 0.2) is 0 Å². The molecule has 1 aliphatic heterocycles. The van der Waals surface area contributed by atoms with E-state index in [1.165, 1.54) is 10.9 Å². The topological polar surface area (TPSA) is 132 Å². The number of carbonyl (C=O) groups is 2. The third-order valence-corrected chi connectivity index (χ3v) is 4.71. The second-order valence-corrected chi connectivity index (χ2v) is 6.52. The van der Waals surface area contributed by atoms with Gasteiger partial charge in [0, 0.05) is 13.0 Å². The summed E-state index contributed by atoms with van der Waals surface area (Å²) in [6, 6.07) is -0.691. The van der Waals surface area contributed by atoms with Crippen LogP contribution in [0.3, 0.4) is 0 Å². The first-order valence-corrected chi connectivity index (χ1v) is 8.27. The molecule has 1 aromatic heterocycles. The highest BCUT2D eigenvalue weighted by atomic mass is 16.5. The Hall–Kier alpha value is -2.00. The zero-order chi connectivity index (χ0) is 17.2. The molecule has 2 fully saturated rings. The molecule has 0 spiro atoms. The number of nitrogens with one attached hydrogen (secondary N) is 1. The van der Waals surface area contributed by atoms with Gasteiger partial charge in [-0.2, -0.15) is 0 Å². The monoisotopic (exact) mass is 337 g/mol. The highest BCUT2D eigenvalue weighted by Gasteiger charge is 2.52. The van der Waals surface area contributed by atoms with Gasteiger partial charge in [0.25, 0.3) is 0 Å². The summed E-state index contributed by atoms with van der Waals surface area (Å²) in [6.07, 6.45) is 5.62. The minimum atomic E-state index is -0.691. The van der Waals surface area contributed by atoms with Gasteiger partial charge in [-0.05, 0) is 32.1 Å². The van der Waals surface area contributed by atoms with Crippen LogP contribution in [0.2, 0.25) is 0 Å². The number of hydrogen-bond donors (Lipinski definition) is 3. The first kappa shape index (κ1) is 16.8. The number of carbonyl (C=O) groups excluding carboxylic acids is 2. The average Bonchev–Trinajstić information content (AvgIpc) is 2.98. The Bertz CT molecular complexity index is 607. The van der Waals surface area contributed by atoms with Crippen LogP contribution in [-0.4, -0.2) is 50.2 Å². The van der Waals surface area contributed by atoms with Gasteiger partial charge >= 0.3 is 0 Å². The van der Waals surface area contributed by atoms with E-state index < -0.39 is 11.9 Å². The highest BCUT2D eigenvalue weighted by molar-refractivity contribution is 5.82. The summed E-state index contributed by atoms with van der Waals surface area (Å²) < 4.78 is 7.11. The molecule has 1 aliphatic carbocycles. The van der Waals surface area contributed by atoms with Gasteiger partial charge in [-0.15, -0.1) is 5.10 Å². The zero-order valence-corrected chi connectivity index (χ0v) is 13.5. The van der Waals surface area contributed by atoms with Crippen molar-refractivity contribution in [1.82, 2.24) is 20.3 Å². The molecule has 2 amide bonds. The number of hydrogen-bond acceptors (Lipinski definition) is 6. The van der Waals surface area contributed by atoms with Crippen LogP contribution in [-0.2, 0) is 20.9 Å². The van der Waals surface area contributed by atoms with Crippen LogP contribution >= 0.6 is 0 Å². The first-order chi connectivity index (χ1) is 11.5. The van der Waals surface area contributed by atoms with Crippen molar-refractivity contribution in [3.05, 3.63) is 11.9 Å². The first-order valence-electron chi connectivity index (χ1n) is 8.27. The molecule has 2 unspecified atom stereocenters. The minimum absolute atomic E-state index is 0.0574. The maximum Gasteiger partial charge on any atom is 0.245 e. The van der Waals surface area contributed by atoms with Gasteiger partial charge in [0.2, 0.25) is 11.8 Å². The molecule has 2 atom stereocenters. The number of aliphatic hydroxyl groups is 1. The number of aliphatic hydroxyl groups excluding tert-OH is 1.